The van der Waals surface area contributed by atoms with Crippen LogP contribution in [0.4, 0.5) is 0 Å². The fourth-order valence-electron chi connectivity index (χ4n) is 2.13. The maximum atomic E-state index is 11.9. The summed E-state index contributed by atoms with van der Waals surface area (Å²) in [6, 6.07) is 0.307. The number of amides is 1. The van der Waals surface area contributed by atoms with Crippen molar-refractivity contribution in [2.75, 3.05) is 26.7 Å². The second kappa shape index (κ2) is 9.41. The van der Waals surface area contributed by atoms with Crippen LogP contribution in [0.1, 0.15) is 34.1 Å². The molecule has 1 aliphatic heterocycles. The molecule has 1 fully saturated rings. The summed E-state index contributed by atoms with van der Waals surface area (Å²) in [5, 5.41) is 6.69. The Kier molecular flexibility index (Phi) is 9.16. The van der Waals surface area contributed by atoms with Gasteiger partial charge in [0.15, 0.2) is 5.96 Å². The van der Waals surface area contributed by atoms with Crippen LogP contribution in [0.25, 0.3) is 0 Å². The summed E-state index contributed by atoms with van der Waals surface area (Å²) in [6.45, 7) is 10.8. The number of halogens is 1. The highest BCUT2D eigenvalue weighted by atomic mass is 127. The fraction of sp³-hybridized carbons (Fsp3) is 0.857. The molecular formula is C14H29IN4O. The molecule has 5 nitrogen and oxygen atoms in total. The molecule has 1 atom stereocenters. The zero-order valence-electron chi connectivity index (χ0n) is 13.3. The van der Waals surface area contributed by atoms with E-state index in [0.717, 1.165) is 32.0 Å². The summed E-state index contributed by atoms with van der Waals surface area (Å²) in [4.78, 5) is 18.1. The summed E-state index contributed by atoms with van der Waals surface area (Å²) in [5.41, 5.74) is 0. The van der Waals surface area contributed by atoms with Gasteiger partial charge in [-0.3, -0.25) is 9.79 Å². The molecule has 0 aromatic heterocycles. The maximum absolute atomic E-state index is 11.9. The van der Waals surface area contributed by atoms with Crippen molar-refractivity contribution in [2.45, 2.75) is 40.2 Å². The standard InChI is InChI=1S/C14H28N4O.HI/c1-10(2)8-16-14(15-5)17-12-6-7-18(9-12)13(19)11(3)4;/h10-12H,6-9H2,1-5H3,(H2,15,16,17);1H. The highest BCUT2D eigenvalue weighted by Gasteiger charge is 2.27. The highest BCUT2D eigenvalue weighted by Crippen LogP contribution is 2.12. The summed E-state index contributed by atoms with van der Waals surface area (Å²) in [5.74, 6) is 1.74. The Hall–Kier alpha value is -0.530. The van der Waals surface area contributed by atoms with Crippen LogP contribution in [0.2, 0.25) is 0 Å². The number of likely N-dealkylation sites (tertiary alicyclic amines) is 1. The molecule has 2 N–H and O–H groups in total. The van der Waals surface area contributed by atoms with E-state index in [0.29, 0.717) is 12.0 Å². The average Bonchev–Trinajstić information content (AvgIpc) is 2.81. The zero-order chi connectivity index (χ0) is 14.4. The van der Waals surface area contributed by atoms with Crippen LogP contribution < -0.4 is 10.6 Å². The molecule has 6 heteroatoms. The molecule has 1 saturated heterocycles. The Morgan fingerprint density at radius 2 is 2.00 bits per heavy atom. The van der Waals surface area contributed by atoms with Gasteiger partial charge in [0.25, 0.3) is 0 Å². The Bertz CT molecular complexity index is 331. The van der Waals surface area contributed by atoms with E-state index in [9.17, 15) is 4.79 Å². The molecule has 1 amide bonds. The van der Waals surface area contributed by atoms with Crippen molar-refractivity contribution in [3.8, 4) is 0 Å². The lowest BCUT2D eigenvalue weighted by molar-refractivity contribution is -0.133. The minimum atomic E-state index is 0. The van der Waals surface area contributed by atoms with Gasteiger partial charge < -0.3 is 15.5 Å². The number of guanidine groups is 1. The minimum Gasteiger partial charge on any atom is -0.356 e. The fourth-order valence-corrected chi connectivity index (χ4v) is 2.13. The van der Waals surface area contributed by atoms with Crippen molar-refractivity contribution < 1.29 is 4.79 Å². The van der Waals surface area contributed by atoms with Crippen molar-refractivity contribution in [3.63, 3.8) is 0 Å². The van der Waals surface area contributed by atoms with Gasteiger partial charge in [-0.05, 0) is 12.3 Å². The first-order valence-electron chi connectivity index (χ1n) is 7.20. The Labute approximate surface area is 140 Å². The van der Waals surface area contributed by atoms with Gasteiger partial charge in [-0.15, -0.1) is 24.0 Å². The van der Waals surface area contributed by atoms with Crippen LogP contribution in [0.3, 0.4) is 0 Å². The molecule has 1 heterocycles. The van der Waals surface area contributed by atoms with E-state index in [1.807, 2.05) is 18.7 Å². The molecule has 0 aromatic carbocycles. The van der Waals surface area contributed by atoms with Crippen molar-refractivity contribution in [1.29, 1.82) is 0 Å². The largest absolute Gasteiger partial charge is 0.356 e. The van der Waals surface area contributed by atoms with Crippen molar-refractivity contribution in [3.05, 3.63) is 0 Å². The third-order valence-corrected chi connectivity index (χ3v) is 3.24. The number of rotatable bonds is 4. The number of hydrogen-bond donors (Lipinski definition) is 2. The van der Waals surface area contributed by atoms with E-state index >= 15 is 0 Å². The molecule has 0 radical (unpaired) electrons. The number of hydrogen-bond acceptors (Lipinski definition) is 2. The van der Waals surface area contributed by atoms with Gasteiger partial charge in [0, 0.05) is 38.6 Å². The van der Waals surface area contributed by atoms with Crippen LogP contribution in [-0.4, -0.2) is 49.5 Å². The van der Waals surface area contributed by atoms with Crippen LogP contribution in [0, 0.1) is 11.8 Å². The van der Waals surface area contributed by atoms with E-state index in [1.165, 1.54) is 0 Å². The van der Waals surface area contributed by atoms with Crippen LogP contribution in [-0.2, 0) is 4.79 Å². The molecule has 0 bridgehead atoms. The van der Waals surface area contributed by atoms with Crippen LogP contribution in [0.15, 0.2) is 4.99 Å². The Balaban J connectivity index is 0.00000361. The van der Waals surface area contributed by atoms with Gasteiger partial charge in [-0.25, -0.2) is 0 Å². The molecule has 0 spiro atoms. The Morgan fingerprint density at radius 1 is 1.35 bits per heavy atom. The quantitative estimate of drug-likeness (QED) is 0.432. The van der Waals surface area contributed by atoms with Gasteiger partial charge in [0.2, 0.25) is 5.91 Å². The molecule has 118 valence electrons. The molecule has 1 rings (SSSR count). The van der Waals surface area contributed by atoms with Crippen LogP contribution >= 0.6 is 24.0 Å². The number of carbonyl (C=O) groups is 1. The predicted octanol–water partition coefficient (Wildman–Crippen LogP) is 1.68. The van der Waals surface area contributed by atoms with Gasteiger partial charge in [-0.2, -0.15) is 0 Å². The molecule has 0 aromatic rings. The summed E-state index contributed by atoms with van der Waals surface area (Å²) >= 11 is 0. The normalized spacial score (nSPS) is 19.2. The predicted molar refractivity (Wildman–Crippen MR) is 94.6 cm³/mol. The van der Waals surface area contributed by atoms with Gasteiger partial charge >= 0.3 is 0 Å². The number of nitrogens with zero attached hydrogens (tertiary/aromatic N) is 2. The van der Waals surface area contributed by atoms with Crippen LogP contribution in [0.5, 0.6) is 0 Å². The third-order valence-electron chi connectivity index (χ3n) is 3.24. The SMILES string of the molecule is CN=C(NCC(C)C)NC1CCN(C(=O)C(C)C)C1.I. The molecule has 0 aliphatic carbocycles. The number of nitrogens with one attached hydrogen (secondary N) is 2. The van der Waals surface area contributed by atoms with E-state index < -0.39 is 0 Å². The topological polar surface area (TPSA) is 56.7 Å². The lowest BCUT2D eigenvalue weighted by Crippen LogP contribution is -2.46. The second-order valence-electron chi connectivity index (χ2n) is 5.92. The van der Waals surface area contributed by atoms with Crippen molar-refractivity contribution >= 4 is 35.8 Å². The molecule has 1 aliphatic rings. The average molecular weight is 396 g/mol. The van der Waals surface area contributed by atoms with Gasteiger partial charge in [-0.1, -0.05) is 27.7 Å². The first-order valence-corrected chi connectivity index (χ1v) is 7.20. The summed E-state index contributed by atoms with van der Waals surface area (Å²) < 4.78 is 0. The second-order valence-corrected chi connectivity index (χ2v) is 5.92. The Morgan fingerprint density at radius 3 is 2.50 bits per heavy atom. The van der Waals surface area contributed by atoms with Gasteiger partial charge in [0.05, 0.1) is 0 Å². The molecule has 1 unspecified atom stereocenters. The number of carbonyl (C=O) groups excluding carboxylic acids is 1. The molecular weight excluding hydrogens is 367 g/mol. The monoisotopic (exact) mass is 396 g/mol. The summed E-state index contributed by atoms with van der Waals surface area (Å²) in [7, 11) is 1.78. The minimum absolute atomic E-state index is 0. The first-order chi connectivity index (χ1) is 8.93. The maximum Gasteiger partial charge on any atom is 0.225 e. The third kappa shape index (κ3) is 6.28. The number of aliphatic imine (C=N–C) groups is 1. The molecule has 20 heavy (non-hydrogen) atoms. The highest BCUT2D eigenvalue weighted by molar-refractivity contribution is 14.0. The first kappa shape index (κ1) is 19.5. The van der Waals surface area contributed by atoms with Gasteiger partial charge in [0.1, 0.15) is 0 Å². The lowest BCUT2D eigenvalue weighted by Gasteiger charge is -2.20. The summed E-state index contributed by atoms with van der Waals surface area (Å²) in [6.07, 6.45) is 0.987. The van der Waals surface area contributed by atoms with Crippen molar-refractivity contribution in [2.24, 2.45) is 16.8 Å². The van der Waals surface area contributed by atoms with E-state index in [1.54, 1.807) is 7.05 Å². The zero-order valence-corrected chi connectivity index (χ0v) is 15.6. The van der Waals surface area contributed by atoms with E-state index in [-0.39, 0.29) is 35.8 Å². The van der Waals surface area contributed by atoms with E-state index in [4.69, 9.17) is 0 Å². The smallest absolute Gasteiger partial charge is 0.225 e. The van der Waals surface area contributed by atoms with E-state index in [2.05, 4.69) is 29.5 Å². The van der Waals surface area contributed by atoms with Crippen molar-refractivity contribution in [1.82, 2.24) is 15.5 Å². The molecule has 0 saturated carbocycles. The lowest BCUT2D eigenvalue weighted by atomic mass is 10.2.